The van der Waals surface area contributed by atoms with Gasteiger partial charge in [-0.05, 0) is 37.3 Å². The summed E-state index contributed by atoms with van der Waals surface area (Å²) in [5, 5.41) is 21.4. The molecule has 7 nitrogen and oxygen atoms in total. The third-order valence-electron chi connectivity index (χ3n) is 5.55. The predicted octanol–water partition coefficient (Wildman–Crippen LogP) is 2.23. The largest absolute Gasteiger partial charge is 0.396 e. The number of aromatic nitrogens is 3. The highest BCUT2D eigenvalue weighted by molar-refractivity contribution is 7.99. The van der Waals surface area contributed by atoms with Crippen molar-refractivity contribution in [2.24, 2.45) is 5.92 Å². The number of anilines is 1. The molecule has 1 unspecified atom stereocenters. The molecule has 2 fully saturated rings. The van der Waals surface area contributed by atoms with E-state index in [4.69, 9.17) is 0 Å². The predicted molar refractivity (Wildman–Crippen MR) is 109 cm³/mol. The lowest BCUT2D eigenvalue weighted by Gasteiger charge is -2.32. The fraction of sp³-hybridized carbons (Fsp3) is 0.550. The second-order valence-electron chi connectivity index (χ2n) is 7.44. The van der Waals surface area contributed by atoms with Crippen molar-refractivity contribution >= 4 is 23.6 Å². The number of hydrogen-bond donors (Lipinski definition) is 2. The highest BCUT2D eigenvalue weighted by atomic mass is 32.2. The van der Waals surface area contributed by atoms with Crippen molar-refractivity contribution in [3.05, 3.63) is 36.2 Å². The molecule has 150 valence electrons. The molecule has 28 heavy (non-hydrogen) atoms. The second-order valence-corrected chi connectivity index (χ2v) is 8.61. The average molecular weight is 402 g/mol. The van der Waals surface area contributed by atoms with Gasteiger partial charge in [-0.25, -0.2) is 0 Å². The minimum atomic E-state index is -0.0505. The van der Waals surface area contributed by atoms with E-state index in [-0.39, 0.29) is 18.6 Å². The lowest BCUT2D eigenvalue weighted by atomic mass is 9.98. The summed E-state index contributed by atoms with van der Waals surface area (Å²) in [4.78, 5) is 15.2. The van der Waals surface area contributed by atoms with Crippen molar-refractivity contribution in [3.8, 4) is 0 Å². The molecule has 1 aromatic carbocycles. The number of nitrogens with one attached hydrogen (secondary N) is 1. The number of rotatable bonds is 7. The molecule has 0 aliphatic carbocycles. The SMILES string of the molecule is O=C1CCC(c2nnc(N3CCC(CO)CC3)n2CCSc2ccccc2)N1. The maximum absolute atomic E-state index is 11.7. The topological polar surface area (TPSA) is 83.3 Å². The minimum absolute atomic E-state index is 0.0505. The molecule has 8 heteroatoms. The van der Waals surface area contributed by atoms with E-state index in [1.54, 1.807) is 0 Å². The van der Waals surface area contributed by atoms with Crippen LogP contribution in [0.5, 0.6) is 0 Å². The molecule has 0 radical (unpaired) electrons. The van der Waals surface area contributed by atoms with Gasteiger partial charge in [-0.1, -0.05) is 18.2 Å². The smallest absolute Gasteiger partial charge is 0.227 e. The van der Waals surface area contributed by atoms with Gasteiger partial charge in [0.15, 0.2) is 5.82 Å². The van der Waals surface area contributed by atoms with Crippen molar-refractivity contribution in [1.29, 1.82) is 0 Å². The van der Waals surface area contributed by atoms with E-state index in [1.165, 1.54) is 4.90 Å². The molecule has 1 aromatic heterocycles. The third-order valence-corrected chi connectivity index (χ3v) is 6.54. The molecular weight excluding hydrogens is 374 g/mol. The Kier molecular flexibility index (Phi) is 6.17. The zero-order valence-electron chi connectivity index (χ0n) is 16.0. The minimum Gasteiger partial charge on any atom is -0.396 e. The first-order valence-corrected chi connectivity index (χ1v) is 11.0. The zero-order valence-corrected chi connectivity index (χ0v) is 16.8. The number of carbonyl (C=O) groups is 1. The monoisotopic (exact) mass is 401 g/mol. The molecule has 0 saturated carbocycles. The van der Waals surface area contributed by atoms with E-state index in [2.05, 4.69) is 49.2 Å². The quantitative estimate of drug-likeness (QED) is 0.693. The summed E-state index contributed by atoms with van der Waals surface area (Å²) < 4.78 is 2.19. The van der Waals surface area contributed by atoms with Crippen LogP contribution >= 0.6 is 11.8 Å². The van der Waals surface area contributed by atoms with E-state index in [9.17, 15) is 9.90 Å². The number of hydrogen-bond acceptors (Lipinski definition) is 6. The van der Waals surface area contributed by atoms with E-state index >= 15 is 0 Å². The number of thioether (sulfide) groups is 1. The number of benzene rings is 1. The summed E-state index contributed by atoms with van der Waals surface area (Å²) in [6.45, 7) is 2.82. The summed E-state index contributed by atoms with van der Waals surface area (Å²) >= 11 is 1.81. The van der Waals surface area contributed by atoms with Crippen molar-refractivity contribution in [2.75, 3.05) is 30.3 Å². The summed E-state index contributed by atoms with van der Waals surface area (Å²) in [5.41, 5.74) is 0. The van der Waals surface area contributed by atoms with Crippen molar-refractivity contribution in [2.45, 2.75) is 43.2 Å². The summed E-state index contributed by atoms with van der Waals surface area (Å²) in [7, 11) is 0. The number of amides is 1. The molecule has 2 saturated heterocycles. The zero-order chi connectivity index (χ0) is 19.3. The fourth-order valence-corrected chi connectivity index (χ4v) is 4.77. The Hall–Kier alpha value is -2.06. The van der Waals surface area contributed by atoms with E-state index < -0.39 is 0 Å². The highest BCUT2D eigenvalue weighted by Crippen LogP contribution is 2.29. The van der Waals surface area contributed by atoms with E-state index in [1.807, 2.05) is 17.8 Å². The molecule has 2 aromatic rings. The number of nitrogens with zero attached hydrogens (tertiary/aromatic N) is 4. The van der Waals surface area contributed by atoms with Crippen LogP contribution in [0.2, 0.25) is 0 Å². The number of piperidine rings is 1. The van der Waals surface area contributed by atoms with Crippen molar-refractivity contribution in [1.82, 2.24) is 20.1 Å². The lowest BCUT2D eigenvalue weighted by molar-refractivity contribution is -0.119. The van der Waals surface area contributed by atoms with Gasteiger partial charge in [0, 0.05) is 43.3 Å². The Balaban J connectivity index is 1.50. The molecule has 1 amide bonds. The number of aliphatic hydroxyl groups excluding tert-OH is 1. The van der Waals surface area contributed by atoms with Crippen molar-refractivity contribution < 1.29 is 9.90 Å². The van der Waals surface area contributed by atoms with Crippen LogP contribution in [0.25, 0.3) is 0 Å². The number of aliphatic hydroxyl groups is 1. The van der Waals surface area contributed by atoms with Gasteiger partial charge in [0.2, 0.25) is 11.9 Å². The Morgan fingerprint density at radius 2 is 1.93 bits per heavy atom. The normalized spacial score (nSPS) is 20.5. The molecule has 0 spiro atoms. The Morgan fingerprint density at radius 3 is 2.61 bits per heavy atom. The van der Waals surface area contributed by atoms with Crippen LogP contribution < -0.4 is 10.2 Å². The molecule has 2 aliphatic heterocycles. The Labute approximate surface area is 169 Å². The molecule has 0 bridgehead atoms. The van der Waals surface area contributed by atoms with Gasteiger partial charge in [-0.15, -0.1) is 22.0 Å². The third kappa shape index (κ3) is 4.33. The van der Waals surface area contributed by atoms with Crippen LogP contribution in [-0.2, 0) is 11.3 Å². The van der Waals surface area contributed by atoms with Crippen LogP contribution in [0.4, 0.5) is 5.95 Å². The van der Waals surface area contributed by atoms with E-state index in [0.29, 0.717) is 12.3 Å². The maximum Gasteiger partial charge on any atom is 0.227 e. The van der Waals surface area contributed by atoms with Gasteiger partial charge in [0.1, 0.15) is 0 Å². The van der Waals surface area contributed by atoms with Crippen LogP contribution in [-0.4, -0.2) is 51.2 Å². The molecular formula is C20H27N5O2S. The maximum atomic E-state index is 11.7. The molecule has 2 N–H and O–H groups in total. The Morgan fingerprint density at radius 1 is 1.14 bits per heavy atom. The Bertz CT molecular complexity index is 789. The molecule has 3 heterocycles. The second kappa shape index (κ2) is 8.96. The van der Waals surface area contributed by atoms with E-state index in [0.717, 1.165) is 56.4 Å². The van der Waals surface area contributed by atoms with Gasteiger partial charge < -0.3 is 15.3 Å². The highest BCUT2D eigenvalue weighted by Gasteiger charge is 2.30. The first-order chi connectivity index (χ1) is 13.7. The fourth-order valence-electron chi connectivity index (χ4n) is 3.91. The van der Waals surface area contributed by atoms with Gasteiger partial charge in [0.25, 0.3) is 0 Å². The first kappa shape index (κ1) is 19.3. The van der Waals surface area contributed by atoms with Crippen LogP contribution in [0, 0.1) is 5.92 Å². The van der Waals surface area contributed by atoms with Crippen LogP contribution in [0.3, 0.4) is 0 Å². The summed E-state index contributed by atoms with van der Waals surface area (Å²) in [6, 6.07) is 10.3. The lowest BCUT2D eigenvalue weighted by Crippen LogP contribution is -2.37. The van der Waals surface area contributed by atoms with Crippen LogP contribution in [0.15, 0.2) is 35.2 Å². The summed E-state index contributed by atoms with van der Waals surface area (Å²) in [5.74, 6) is 3.13. The van der Waals surface area contributed by atoms with Gasteiger partial charge in [0.05, 0.1) is 6.04 Å². The summed E-state index contributed by atoms with van der Waals surface area (Å²) in [6.07, 6.45) is 3.26. The van der Waals surface area contributed by atoms with Gasteiger partial charge in [-0.3, -0.25) is 9.36 Å². The van der Waals surface area contributed by atoms with Crippen LogP contribution in [0.1, 0.15) is 37.5 Å². The number of carbonyl (C=O) groups excluding carboxylic acids is 1. The molecule has 2 aliphatic rings. The molecule has 1 atom stereocenters. The van der Waals surface area contributed by atoms with Gasteiger partial charge >= 0.3 is 0 Å². The standard InChI is InChI=1S/C20H27N5O2S/c26-14-15-8-10-24(11-9-15)20-23-22-19(17-6-7-18(27)21-17)25(20)12-13-28-16-4-2-1-3-5-16/h1-5,15,17,26H,6-14H2,(H,21,27). The van der Waals surface area contributed by atoms with Crippen molar-refractivity contribution in [3.63, 3.8) is 0 Å². The molecule has 4 rings (SSSR count). The first-order valence-electron chi connectivity index (χ1n) is 10.0. The average Bonchev–Trinajstić information content (AvgIpc) is 3.35. The van der Waals surface area contributed by atoms with Gasteiger partial charge in [-0.2, -0.15) is 0 Å².